The minimum Gasteiger partial charge on any atom is -0.344 e. The van der Waals surface area contributed by atoms with Crippen LogP contribution < -0.4 is 5.73 Å². The van der Waals surface area contributed by atoms with E-state index in [1.807, 2.05) is 11.9 Å². The van der Waals surface area contributed by atoms with Crippen LogP contribution in [0.1, 0.15) is 51.4 Å². The van der Waals surface area contributed by atoms with Gasteiger partial charge in [-0.3, -0.25) is 4.79 Å². The first kappa shape index (κ1) is 15.8. The number of nitrogens with two attached hydrogens (primary N) is 1. The van der Waals surface area contributed by atoms with Gasteiger partial charge in [0.2, 0.25) is 5.91 Å². The first-order chi connectivity index (χ1) is 9.65. The third kappa shape index (κ3) is 4.19. The standard InChI is InChI=1S/C16H31N3O/c1-18(11-12-19-9-5-6-10-19)15(20)13-16(14-17)7-3-2-4-8-16/h2-14,17H2,1H3. The molecule has 4 heteroatoms. The highest BCUT2D eigenvalue weighted by Gasteiger charge is 2.33. The molecule has 20 heavy (non-hydrogen) atoms. The van der Waals surface area contributed by atoms with E-state index < -0.39 is 0 Å². The van der Waals surface area contributed by atoms with Crippen LogP contribution in [0.5, 0.6) is 0 Å². The van der Waals surface area contributed by atoms with Crippen LogP contribution in [-0.4, -0.2) is 55.5 Å². The molecule has 2 rings (SSSR count). The lowest BCUT2D eigenvalue weighted by molar-refractivity contribution is -0.133. The fourth-order valence-corrected chi connectivity index (χ4v) is 3.63. The van der Waals surface area contributed by atoms with Gasteiger partial charge in [-0.25, -0.2) is 0 Å². The van der Waals surface area contributed by atoms with Crippen molar-refractivity contribution in [2.24, 2.45) is 11.1 Å². The number of likely N-dealkylation sites (tertiary alicyclic amines) is 1. The van der Waals surface area contributed by atoms with E-state index in [0.717, 1.165) is 25.9 Å². The zero-order chi connectivity index (χ0) is 14.4. The molecule has 2 N–H and O–H groups in total. The molecule has 116 valence electrons. The maximum Gasteiger partial charge on any atom is 0.222 e. The average Bonchev–Trinajstić information content (AvgIpc) is 2.99. The monoisotopic (exact) mass is 281 g/mol. The molecule has 1 heterocycles. The van der Waals surface area contributed by atoms with Gasteiger partial charge in [0, 0.05) is 26.6 Å². The summed E-state index contributed by atoms with van der Waals surface area (Å²) < 4.78 is 0. The van der Waals surface area contributed by atoms with Crippen LogP contribution >= 0.6 is 0 Å². The van der Waals surface area contributed by atoms with Crippen molar-refractivity contribution in [3.8, 4) is 0 Å². The van der Waals surface area contributed by atoms with E-state index >= 15 is 0 Å². The molecule has 0 bridgehead atoms. The second-order valence-corrected chi connectivity index (χ2v) is 6.81. The maximum atomic E-state index is 12.4. The Morgan fingerprint density at radius 3 is 2.40 bits per heavy atom. The van der Waals surface area contributed by atoms with Crippen molar-refractivity contribution in [2.45, 2.75) is 51.4 Å². The number of hydrogen-bond donors (Lipinski definition) is 1. The summed E-state index contributed by atoms with van der Waals surface area (Å²) in [7, 11) is 1.95. The largest absolute Gasteiger partial charge is 0.344 e. The van der Waals surface area contributed by atoms with Gasteiger partial charge in [-0.1, -0.05) is 19.3 Å². The molecule has 1 aliphatic carbocycles. The van der Waals surface area contributed by atoms with Crippen molar-refractivity contribution in [1.82, 2.24) is 9.80 Å². The quantitative estimate of drug-likeness (QED) is 0.808. The molecule has 0 radical (unpaired) electrons. The summed E-state index contributed by atoms with van der Waals surface area (Å²) in [4.78, 5) is 16.8. The van der Waals surface area contributed by atoms with Crippen molar-refractivity contribution in [3.05, 3.63) is 0 Å². The van der Waals surface area contributed by atoms with Crippen LogP contribution in [0.25, 0.3) is 0 Å². The summed E-state index contributed by atoms with van der Waals surface area (Å²) in [6, 6.07) is 0. The summed E-state index contributed by atoms with van der Waals surface area (Å²) >= 11 is 0. The topological polar surface area (TPSA) is 49.6 Å². The molecule has 0 aromatic carbocycles. The summed E-state index contributed by atoms with van der Waals surface area (Å²) in [6.07, 6.45) is 9.33. The Balaban J connectivity index is 1.76. The Bertz CT molecular complexity index is 307. The summed E-state index contributed by atoms with van der Waals surface area (Å²) in [6.45, 7) is 4.96. The molecule has 0 aromatic heterocycles. The van der Waals surface area contributed by atoms with Gasteiger partial charge >= 0.3 is 0 Å². The van der Waals surface area contributed by atoms with E-state index in [1.165, 1.54) is 45.2 Å². The Labute approximate surface area is 123 Å². The van der Waals surface area contributed by atoms with E-state index in [2.05, 4.69) is 4.90 Å². The fraction of sp³-hybridized carbons (Fsp3) is 0.938. The highest BCUT2D eigenvalue weighted by atomic mass is 16.2. The van der Waals surface area contributed by atoms with Crippen LogP contribution in [0.4, 0.5) is 0 Å². The molecule has 1 aliphatic heterocycles. The molecular formula is C16H31N3O. The van der Waals surface area contributed by atoms with Gasteiger partial charge < -0.3 is 15.5 Å². The summed E-state index contributed by atoms with van der Waals surface area (Å²) in [5.41, 5.74) is 6.08. The van der Waals surface area contributed by atoms with Crippen LogP contribution in [-0.2, 0) is 4.79 Å². The van der Waals surface area contributed by atoms with Gasteiger partial charge in [-0.15, -0.1) is 0 Å². The number of likely N-dealkylation sites (N-methyl/N-ethyl adjacent to an activating group) is 1. The van der Waals surface area contributed by atoms with Gasteiger partial charge in [0.25, 0.3) is 0 Å². The van der Waals surface area contributed by atoms with E-state index in [9.17, 15) is 4.79 Å². The van der Waals surface area contributed by atoms with Crippen molar-refractivity contribution in [3.63, 3.8) is 0 Å². The van der Waals surface area contributed by atoms with Crippen LogP contribution in [0.15, 0.2) is 0 Å². The smallest absolute Gasteiger partial charge is 0.222 e. The second-order valence-electron chi connectivity index (χ2n) is 6.81. The number of amides is 1. The fourth-order valence-electron chi connectivity index (χ4n) is 3.63. The molecule has 2 aliphatic rings. The van der Waals surface area contributed by atoms with Crippen molar-refractivity contribution < 1.29 is 4.79 Å². The number of carbonyl (C=O) groups is 1. The average molecular weight is 281 g/mol. The SMILES string of the molecule is CN(CCN1CCCC1)C(=O)CC1(CN)CCCCC1. The predicted octanol–water partition coefficient (Wildman–Crippen LogP) is 1.84. The third-order valence-corrected chi connectivity index (χ3v) is 5.25. The van der Waals surface area contributed by atoms with Gasteiger partial charge in [-0.05, 0) is 50.7 Å². The highest BCUT2D eigenvalue weighted by Crippen LogP contribution is 2.38. The number of rotatable bonds is 6. The van der Waals surface area contributed by atoms with Crippen LogP contribution in [0.3, 0.4) is 0 Å². The van der Waals surface area contributed by atoms with E-state index in [-0.39, 0.29) is 11.3 Å². The molecule has 0 aromatic rings. The summed E-state index contributed by atoms with van der Waals surface area (Å²) in [5, 5.41) is 0. The number of hydrogen-bond acceptors (Lipinski definition) is 3. The Morgan fingerprint density at radius 1 is 1.15 bits per heavy atom. The molecular weight excluding hydrogens is 250 g/mol. The van der Waals surface area contributed by atoms with Crippen molar-refractivity contribution in [2.75, 3.05) is 39.8 Å². The molecule has 0 spiro atoms. The lowest BCUT2D eigenvalue weighted by Crippen LogP contribution is -2.41. The Hall–Kier alpha value is -0.610. The second kappa shape index (κ2) is 7.41. The van der Waals surface area contributed by atoms with Gasteiger partial charge in [0.05, 0.1) is 0 Å². The normalized spacial score (nSPS) is 22.9. The minimum absolute atomic E-state index is 0.0945. The van der Waals surface area contributed by atoms with Crippen molar-refractivity contribution >= 4 is 5.91 Å². The first-order valence-corrected chi connectivity index (χ1v) is 8.32. The third-order valence-electron chi connectivity index (χ3n) is 5.25. The van der Waals surface area contributed by atoms with Gasteiger partial charge in [0.15, 0.2) is 0 Å². The molecule has 1 saturated heterocycles. The van der Waals surface area contributed by atoms with E-state index in [4.69, 9.17) is 5.73 Å². The Morgan fingerprint density at radius 2 is 1.80 bits per heavy atom. The zero-order valence-corrected chi connectivity index (χ0v) is 13.1. The molecule has 1 saturated carbocycles. The highest BCUT2D eigenvalue weighted by molar-refractivity contribution is 5.76. The molecule has 0 atom stereocenters. The Kier molecular flexibility index (Phi) is 5.85. The lowest BCUT2D eigenvalue weighted by Gasteiger charge is -2.37. The van der Waals surface area contributed by atoms with Crippen LogP contribution in [0, 0.1) is 5.41 Å². The van der Waals surface area contributed by atoms with Gasteiger partial charge in [-0.2, -0.15) is 0 Å². The van der Waals surface area contributed by atoms with E-state index in [1.54, 1.807) is 0 Å². The lowest BCUT2D eigenvalue weighted by atomic mass is 9.71. The molecule has 2 fully saturated rings. The van der Waals surface area contributed by atoms with Crippen molar-refractivity contribution in [1.29, 1.82) is 0 Å². The zero-order valence-electron chi connectivity index (χ0n) is 13.1. The minimum atomic E-state index is 0.0945. The molecule has 0 unspecified atom stereocenters. The predicted molar refractivity (Wildman–Crippen MR) is 82.5 cm³/mol. The number of carbonyl (C=O) groups excluding carboxylic acids is 1. The summed E-state index contributed by atoms with van der Waals surface area (Å²) in [5.74, 6) is 0.288. The molecule has 1 amide bonds. The maximum absolute atomic E-state index is 12.4. The van der Waals surface area contributed by atoms with E-state index in [0.29, 0.717) is 13.0 Å². The molecule has 4 nitrogen and oxygen atoms in total. The number of nitrogens with zero attached hydrogens (tertiary/aromatic N) is 2. The van der Waals surface area contributed by atoms with Crippen LogP contribution in [0.2, 0.25) is 0 Å². The van der Waals surface area contributed by atoms with Gasteiger partial charge in [0.1, 0.15) is 0 Å². The first-order valence-electron chi connectivity index (χ1n) is 8.32.